The van der Waals surface area contributed by atoms with Crippen LogP contribution >= 0.6 is 23.1 Å². The van der Waals surface area contributed by atoms with Crippen molar-refractivity contribution >= 4 is 44.2 Å². The Bertz CT molecular complexity index is 1140. The third kappa shape index (κ3) is 5.70. The van der Waals surface area contributed by atoms with E-state index in [0.29, 0.717) is 23.8 Å². The van der Waals surface area contributed by atoms with Gasteiger partial charge in [0.1, 0.15) is 0 Å². The fourth-order valence-corrected chi connectivity index (χ4v) is 6.17. The Morgan fingerprint density at radius 2 is 1.74 bits per heavy atom. The summed E-state index contributed by atoms with van der Waals surface area (Å²) in [6, 6.07) is 14.1. The van der Waals surface area contributed by atoms with E-state index in [-0.39, 0.29) is 10.8 Å². The zero-order valence-corrected chi connectivity index (χ0v) is 20.0. The maximum atomic E-state index is 12.6. The molecule has 0 fully saturated rings. The largest absolute Gasteiger partial charge is 0.296 e. The summed E-state index contributed by atoms with van der Waals surface area (Å²) in [6.07, 6.45) is 0. The molecule has 1 heterocycles. The lowest BCUT2D eigenvalue weighted by atomic mass is 10.1. The van der Waals surface area contributed by atoms with Crippen molar-refractivity contribution in [2.45, 2.75) is 35.8 Å². The topological polar surface area (TPSA) is 92.3 Å². The maximum absolute atomic E-state index is 12.6. The van der Waals surface area contributed by atoms with Crippen molar-refractivity contribution in [1.82, 2.24) is 14.5 Å². The summed E-state index contributed by atoms with van der Waals surface area (Å²) in [5.74, 6) is 0.413. The number of thioether (sulfide) groups is 1. The van der Waals surface area contributed by atoms with Gasteiger partial charge in [0, 0.05) is 24.4 Å². The number of hydrogen-bond acceptors (Lipinski definition) is 7. The molecule has 0 aliphatic heterocycles. The van der Waals surface area contributed by atoms with Crippen molar-refractivity contribution < 1.29 is 13.2 Å². The van der Waals surface area contributed by atoms with E-state index in [1.807, 2.05) is 12.1 Å². The molecule has 1 aromatic heterocycles. The van der Waals surface area contributed by atoms with Crippen LogP contribution in [-0.2, 0) is 15.8 Å². The summed E-state index contributed by atoms with van der Waals surface area (Å²) >= 11 is 2.87. The van der Waals surface area contributed by atoms with Gasteiger partial charge in [0.25, 0.3) is 5.91 Å². The Labute approximate surface area is 191 Å². The second-order valence-corrected chi connectivity index (χ2v) is 10.8. The van der Waals surface area contributed by atoms with Crippen LogP contribution in [0.15, 0.2) is 57.8 Å². The third-order valence-electron chi connectivity index (χ3n) is 4.70. The number of nitrogens with one attached hydrogen (secondary N) is 1. The van der Waals surface area contributed by atoms with E-state index in [0.717, 1.165) is 10.1 Å². The summed E-state index contributed by atoms with van der Waals surface area (Å²) in [4.78, 5) is 12.7. The molecule has 3 rings (SSSR count). The number of amides is 1. The second-order valence-electron chi connectivity index (χ2n) is 6.66. The lowest BCUT2D eigenvalue weighted by molar-refractivity contribution is 0.102. The van der Waals surface area contributed by atoms with Gasteiger partial charge < -0.3 is 0 Å². The van der Waals surface area contributed by atoms with Gasteiger partial charge in [-0.2, -0.15) is 4.31 Å². The van der Waals surface area contributed by atoms with Crippen LogP contribution < -0.4 is 5.32 Å². The van der Waals surface area contributed by atoms with E-state index >= 15 is 0 Å². The SMILES string of the molecule is CCN(CC)S(=O)(=O)c1ccc(C(=O)Nc2nnc(SCc3ccccc3C)s2)cc1. The van der Waals surface area contributed by atoms with Gasteiger partial charge in [-0.15, -0.1) is 10.2 Å². The van der Waals surface area contributed by atoms with Crippen LogP contribution in [-0.4, -0.2) is 41.9 Å². The van der Waals surface area contributed by atoms with E-state index in [4.69, 9.17) is 0 Å². The Kier molecular flexibility index (Phi) is 7.82. The average molecular weight is 477 g/mol. The molecule has 2 aromatic carbocycles. The van der Waals surface area contributed by atoms with E-state index in [1.165, 1.54) is 51.0 Å². The molecule has 1 N–H and O–H groups in total. The second kappa shape index (κ2) is 10.4. The number of nitrogens with zero attached hydrogens (tertiary/aromatic N) is 3. The molecular formula is C21H24N4O3S3. The zero-order chi connectivity index (χ0) is 22.4. The normalized spacial score (nSPS) is 11.6. The van der Waals surface area contributed by atoms with Crippen molar-refractivity contribution in [3.05, 3.63) is 65.2 Å². The predicted octanol–water partition coefficient (Wildman–Crippen LogP) is 4.42. The molecule has 10 heteroatoms. The number of aromatic nitrogens is 2. The number of anilines is 1. The molecule has 0 bridgehead atoms. The summed E-state index contributed by atoms with van der Waals surface area (Å²) in [5, 5.41) is 11.3. The van der Waals surface area contributed by atoms with Gasteiger partial charge in [-0.1, -0.05) is 61.2 Å². The van der Waals surface area contributed by atoms with E-state index in [9.17, 15) is 13.2 Å². The predicted molar refractivity (Wildman–Crippen MR) is 125 cm³/mol. The molecule has 7 nitrogen and oxygen atoms in total. The number of carbonyl (C=O) groups is 1. The number of carbonyl (C=O) groups excluding carboxylic acids is 1. The monoisotopic (exact) mass is 476 g/mol. The van der Waals surface area contributed by atoms with Gasteiger partial charge in [0.15, 0.2) is 4.34 Å². The lowest BCUT2D eigenvalue weighted by Crippen LogP contribution is -2.30. The minimum atomic E-state index is -3.55. The maximum Gasteiger partial charge on any atom is 0.257 e. The number of hydrogen-bond donors (Lipinski definition) is 1. The van der Waals surface area contributed by atoms with Crippen LogP contribution in [0.5, 0.6) is 0 Å². The zero-order valence-electron chi connectivity index (χ0n) is 17.5. The molecule has 0 saturated heterocycles. The molecule has 1 amide bonds. The van der Waals surface area contributed by atoms with Crippen LogP contribution in [0.3, 0.4) is 0 Å². The molecule has 0 radical (unpaired) electrons. The molecule has 164 valence electrons. The highest BCUT2D eigenvalue weighted by molar-refractivity contribution is 8.00. The Balaban J connectivity index is 1.62. The van der Waals surface area contributed by atoms with Crippen molar-refractivity contribution in [2.24, 2.45) is 0 Å². The highest BCUT2D eigenvalue weighted by Gasteiger charge is 2.22. The first-order valence-corrected chi connectivity index (χ1v) is 13.0. The molecule has 0 aliphatic rings. The highest BCUT2D eigenvalue weighted by Crippen LogP contribution is 2.29. The average Bonchev–Trinajstić information content (AvgIpc) is 3.21. The summed E-state index contributed by atoms with van der Waals surface area (Å²) in [6.45, 7) is 6.43. The van der Waals surface area contributed by atoms with Gasteiger partial charge in [0.2, 0.25) is 15.2 Å². The lowest BCUT2D eigenvalue weighted by Gasteiger charge is -2.18. The van der Waals surface area contributed by atoms with E-state index < -0.39 is 10.0 Å². The van der Waals surface area contributed by atoms with Crippen LogP contribution in [0.4, 0.5) is 5.13 Å². The van der Waals surface area contributed by atoms with Crippen LogP contribution in [0.1, 0.15) is 35.3 Å². The van der Waals surface area contributed by atoms with E-state index in [2.05, 4.69) is 34.6 Å². The molecule has 0 unspecified atom stereocenters. The Hall–Kier alpha value is -2.27. The molecule has 0 atom stereocenters. The fourth-order valence-electron chi connectivity index (χ4n) is 2.89. The van der Waals surface area contributed by atoms with E-state index in [1.54, 1.807) is 25.6 Å². The molecular weight excluding hydrogens is 452 g/mol. The first-order valence-electron chi connectivity index (χ1n) is 9.77. The molecule has 0 spiro atoms. The van der Waals surface area contributed by atoms with Gasteiger partial charge in [-0.05, 0) is 42.3 Å². The Morgan fingerprint density at radius 3 is 2.39 bits per heavy atom. The number of rotatable bonds is 9. The molecule has 0 aliphatic carbocycles. The number of benzene rings is 2. The highest BCUT2D eigenvalue weighted by atomic mass is 32.2. The third-order valence-corrected chi connectivity index (χ3v) is 8.78. The standard InChI is InChI=1S/C21H24N4O3S3/c1-4-25(5-2)31(27,28)18-12-10-16(11-13-18)19(26)22-20-23-24-21(30-20)29-14-17-9-7-6-8-15(17)3/h6-13H,4-5,14H2,1-3H3,(H,22,23,26). The molecule has 3 aromatic rings. The first-order chi connectivity index (χ1) is 14.8. The first kappa shape index (κ1) is 23.4. The molecule has 31 heavy (non-hydrogen) atoms. The minimum absolute atomic E-state index is 0.165. The quantitative estimate of drug-likeness (QED) is 0.363. The van der Waals surface area contributed by atoms with Crippen molar-refractivity contribution in [2.75, 3.05) is 18.4 Å². The van der Waals surface area contributed by atoms with Crippen LogP contribution in [0, 0.1) is 6.92 Å². The Morgan fingerprint density at radius 1 is 1.06 bits per heavy atom. The van der Waals surface area contributed by atoms with Crippen LogP contribution in [0.2, 0.25) is 0 Å². The summed E-state index contributed by atoms with van der Waals surface area (Å²) in [5.41, 5.74) is 2.80. The van der Waals surface area contributed by atoms with Gasteiger partial charge >= 0.3 is 0 Å². The van der Waals surface area contributed by atoms with Crippen LogP contribution in [0.25, 0.3) is 0 Å². The van der Waals surface area contributed by atoms with Gasteiger partial charge in [-0.25, -0.2) is 8.42 Å². The summed E-state index contributed by atoms with van der Waals surface area (Å²) in [7, 11) is -3.55. The number of aryl methyl sites for hydroxylation is 1. The van der Waals surface area contributed by atoms with Crippen molar-refractivity contribution in [3.8, 4) is 0 Å². The van der Waals surface area contributed by atoms with Crippen molar-refractivity contribution in [3.63, 3.8) is 0 Å². The smallest absolute Gasteiger partial charge is 0.257 e. The summed E-state index contributed by atoms with van der Waals surface area (Å²) < 4.78 is 27.3. The minimum Gasteiger partial charge on any atom is -0.296 e. The van der Waals surface area contributed by atoms with Crippen molar-refractivity contribution in [1.29, 1.82) is 0 Å². The number of sulfonamides is 1. The fraction of sp³-hybridized carbons (Fsp3) is 0.286. The van der Waals surface area contributed by atoms with Gasteiger partial charge in [0.05, 0.1) is 4.90 Å². The molecule has 0 saturated carbocycles. The van der Waals surface area contributed by atoms with Gasteiger partial charge in [-0.3, -0.25) is 10.1 Å².